The first-order chi connectivity index (χ1) is 17.5. The lowest BCUT2D eigenvalue weighted by Gasteiger charge is -2.25. The lowest BCUT2D eigenvalue weighted by Crippen LogP contribution is -2.35. The summed E-state index contributed by atoms with van der Waals surface area (Å²) >= 11 is 0. The van der Waals surface area contributed by atoms with Crippen LogP contribution in [0.2, 0.25) is 0 Å². The van der Waals surface area contributed by atoms with Gasteiger partial charge in [-0.1, -0.05) is 12.1 Å². The molecular weight excluding hydrogens is 460 g/mol. The molecule has 0 spiro atoms. The number of hydrogen-bond acceptors (Lipinski definition) is 8. The van der Waals surface area contributed by atoms with Crippen LogP contribution in [0.25, 0.3) is 0 Å². The molecule has 2 aliphatic rings. The molecule has 4 heterocycles. The van der Waals surface area contributed by atoms with Gasteiger partial charge in [0.2, 0.25) is 11.8 Å². The maximum Gasteiger partial charge on any atom is 0.226 e. The van der Waals surface area contributed by atoms with Gasteiger partial charge in [0.15, 0.2) is 0 Å². The maximum atomic E-state index is 12.1. The molecule has 0 saturated carbocycles. The average Bonchev–Trinajstić information content (AvgIpc) is 3.42. The van der Waals surface area contributed by atoms with Gasteiger partial charge in [-0.2, -0.15) is 0 Å². The summed E-state index contributed by atoms with van der Waals surface area (Å²) in [7, 11) is 3.86. The molecule has 2 amide bonds. The molecule has 10 nitrogen and oxygen atoms in total. The molecule has 2 aliphatic heterocycles. The highest BCUT2D eigenvalue weighted by molar-refractivity contribution is 5.90. The number of carbonyl (C=O) groups is 2. The summed E-state index contributed by atoms with van der Waals surface area (Å²) in [6.45, 7) is 3.07. The Morgan fingerprint density at radius 1 is 1.03 bits per heavy atom. The van der Waals surface area contributed by atoms with Crippen molar-refractivity contribution in [3.8, 4) is 0 Å². The number of aromatic nitrogens is 2. The van der Waals surface area contributed by atoms with Gasteiger partial charge in [-0.25, -0.2) is 0 Å². The van der Waals surface area contributed by atoms with Gasteiger partial charge in [0, 0.05) is 57.4 Å². The number of likely N-dealkylation sites (tertiary alicyclic amines) is 2. The Kier molecular flexibility index (Phi) is 10.7. The third-order valence-electron chi connectivity index (χ3n) is 6.86. The summed E-state index contributed by atoms with van der Waals surface area (Å²) < 4.78 is 0. The molecule has 2 aromatic rings. The predicted molar refractivity (Wildman–Crippen MR) is 136 cm³/mol. The van der Waals surface area contributed by atoms with E-state index in [9.17, 15) is 9.59 Å². The molecular formula is C26H38N6O4. The minimum Gasteiger partial charge on any atom is -0.395 e. The molecule has 2 aromatic heterocycles. The molecule has 10 heteroatoms. The Balaban J connectivity index is 0.000000202. The van der Waals surface area contributed by atoms with E-state index in [1.165, 1.54) is 12.0 Å². The molecule has 196 valence electrons. The minimum atomic E-state index is -0.437. The van der Waals surface area contributed by atoms with E-state index in [0.29, 0.717) is 18.5 Å². The second-order valence-electron chi connectivity index (χ2n) is 9.25. The van der Waals surface area contributed by atoms with E-state index in [0.717, 1.165) is 18.7 Å². The number of aliphatic hydroxyl groups excluding tert-OH is 2. The Bertz CT molecular complexity index is 948. The fourth-order valence-corrected chi connectivity index (χ4v) is 5.11. The van der Waals surface area contributed by atoms with E-state index >= 15 is 0 Å². The molecule has 2 fully saturated rings. The fraction of sp³-hybridized carbons (Fsp3) is 0.538. The maximum absolute atomic E-state index is 12.1. The van der Waals surface area contributed by atoms with E-state index in [2.05, 4.69) is 38.6 Å². The fourth-order valence-electron chi connectivity index (χ4n) is 5.11. The highest BCUT2D eigenvalue weighted by atomic mass is 16.3. The molecule has 0 bridgehead atoms. The predicted octanol–water partition coefficient (Wildman–Crippen LogP) is 0.366. The standard InChI is InChI=1S/C13H17N3O3.C13H21N3O/c1-16-11(18)7-10(13(19)15-5-6-17)12(16)9-3-2-4-14-8-9;1-16-7-4-12(10-15-6-8-17)13(16)11-3-2-5-14-9-11/h2-4,8,10,12,17H,5-7H2,1H3,(H,15,19);2-3,5,9,12-13,15,17H,4,6-8,10H2,1H3. The zero-order chi connectivity index (χ0) is 25.9. The van der Waals surface area contributed by atoms with Gasteiger partial charge in [0.05, 0.1) is 25.2 Å². The second-order valence-corrected chi connectivity index (χ2v) is 9.25. The quantitative estimate of drug-likeness (QED) is 0.365. The van der Waals surface area contributed by atoms with Crippen LogP contribution in [0.5, 0.6) is 0 Å². The van der Waals surface area contributed by atoms with Crippen molar-refractivity contribution in [3.63, 3.8) is 0 Å². The van der Waals surface area contributed by atoms with Crippen molar-refractivity contribution in [2.75, 3.05) is 53.5 Å². The largest absolute Gasteiger partial charge is 0.395 e. The van der Waals surface area contributed by atoms with Gasteiger partial charge in [0.1, 0.15) is 0 Å². The summed E-state index contributed by atoms with van der Waals surface area (Å²) in [5.74, 6) is -0.0948. The van der Waals surface area contributed by atoms with Crippen molar-refractivity contribution in [1.29, 1.82) is 0 Å². The molecule has 2 saturated heterocycles. The van der Waals surface area contributed by atoms with Crippen molar-refractivity contribution < 1.29 is 19.8 Å². The zero-order valence-corrected chi connectivity index (χ0v) is 21.1. The number of carbonyl (C=O) groups excluding carboxylic acids is 2. The van der Waals surface area contributed by atoms with Gasteiger partial charge >= 0.3 is 0 Å². The van der Waals surface area contributed by atoms with Gasteiger partial charge in [-0.3, -0.25) is 24.5 Å². The number of amides is 2. The van der Waals surface area contributed by atoms with Gasteiger partial charge in [-0.05, 0) is 55.7 Å². The Morgan fingerprint density at radius 2 is 1.67 bits per heavy atom. The van der Waals surface area contributed by atoms with E-state index < -0.39 is 5.92 Å². The first-order valence-electron chi connectivity index (χ1n) is 12.4. The first kappa shape index (κ1) is 27.7. The van der Waals surface area contributed by atoms with Gasteiger partial charge < -0.3 is 25.7 Å². The normalized spacial score (nSPS) is 23.9. The van der Waals surface area contributed by atoms with Crippen molar-refractivity contribution in [1.82, 2.24) is 30.4 Å². The molecule has 4 atom stereocenters. The highest BCUT2D eigenvalue weighted by Gasteiger charge is 2.42. The topological polar surface area (TPSA) is 131 Å². The number of aliphatic hydroxyl groups is 2. The van der Waals surface area contributed by atoms with Crippen LogP contribution in [0.3, 0.4) is 0 Å². The average molecular weight is 499 g/mol. The van der Waals surface area contributed by atoms with Crippen LogP contribution >= 0.6 is 0 Å². The van der Waals surface area contributed by atoms with Crippen molar-refractivity contribution in [2.45, 2.75) is 24.9 Å². The summed E-state index contributed by atoms with van der Waals surface area (Å²) in [6, 6.07) is 7.96. The number of rotatable bonds is 9. The second kappa shape index (κ2) is 14.0. The summed E-state index contributed by atoms with van der Waals surface area (Å²) in [5.41, 5.74) is 2.14. The molecule has 0 aliphatic carbocycles. The number of nitrogens with one attached hydrogen (secondary N) is 2. The van der Waals surface area contributed by atoms with E-state index in [4.69, 9.17) is 10.2 Å². The number of hydrogen-bond donors (Lipinski definition) is 4. The third kappa shape index (κ3) is 7.07. The highest BCUT2D eigenvalue weighted by Crippen LogP contribution is 2.37. The molecule has 4 rings (SSSR count). The van der Waals surface area contributed by atoms with Crippen LogP contribution in [-0.4, -0.2) is 95.3 Å². The number of nitrogens with zero attached hydrogens (tertiary/aromatic N) is 4. The van der Waals surface area contributed by atoms with Crippen LogP contribution in [0.15, 0.2) is 49.1 Å². The third-order valence-corrected chi connectivity index (χ3v) is 6.86. The van der Waals surface area contributed by atoms with E-state index in [1.807, 2.05) is 24.5 Å². The smallest absolute Gasteiger partial charge is 0.226 e. The van der Waals surface area contributed by atoms with Gasteiger partial charge in [-0.15, -0.1) is 0 Å². The molecule has 0 radical (unpaired) electrons. The van der Waals surface area contributed by atoms with Crippen molar-refractivity contribution >= 4 is 11.8 Å². The van der Waals surface area contributed by atoms with Crippen LogP contribution in [0.4, 0.5) is 0 Å². The monoisotopic (exact) mass is 498 g/mol. The minimum absolute atomic E-state index is 0.0574. The lowest BCUT2D eigenvalue weighted by molar-refractivity contribution is -0.128. The molecule has 36 heavy (non-hydrogen) atoms. The van der Waals surface area contributed by atoms with E-state index in [-0.39, 0.29) is 44.0 Å². The first-order valence-corrected chi connectivity index (χ1v) is 12.4. The van der Waals surface area contributed by atoms with Crippen molar-refractivity contribution in [3.05, 3.63) is 60.2 Å². The summed E-state index contributed by atoms with van der Waals surface area (Å²) in [6.07, 6.45) is 8.50. The molecule has 4 N–H and O–H groups in total. The van der Waals surface area contributed by atoms with Gasteiger partial charge in [0.25, 0.3) is 0 Å². The van der Waals surface area contributed by atoms with E-state index in [1.54, 1.807) is 30.4 Å². The summed E-state index contributed by atoms with van der Waals surface area (Å²) in [4.78, 5) is 36.1. The Morgan fingerprint density at radius 3 is 2.25 bits per heavy atom. The SMILES string of the molecule is CN1C(=O)CC(C(=O)NCCO)C1c1cccnc1.CN1CCC(CNCCO)C1c1cccnc1. The summed E-state index contributed by atoms with van der Waals surface area (Å²) in [5, 5.41) is 23.5. The van der Waals surface area contributed by atoms with Crippen LogP contribution < -0.4 is 10.6 Å². The Labute approximate surface area is 212 Å². The van der Waals surface area contributed by atoms with Crippen LogP contribution in [0.1, 0.15) is 36.1 Å². The van der Waals surface area contributed by atoms with Crippen LogP contribution in [-0.2, 0) is 9.59 Å². The van der Waals surface area contributed by atoms with Crippen molar-refractivity contribution in [2.24, 2.45) is 11.8 Å². The zero-order valence-electron chi connectivity index (χ0n) is 21.1. The number of pyridine rings is 2. The Hall–Kier alpha value is -2.92. The molecule has 4 unspecified atom stereocenters. The molecule has 0 aromatic carbocycles. The van der Waals surface area contributed by atoms with Crippen LogP contribution in [0, 0.1) is 11.8 Å². The lowest BCUT2D eigenvalue weighted by atomic mass is 9.94.